The first-order chi connectivity index (χ1) is 14.6. The predicted molar refractivity (Wildman–Crippen MR) is 126 cm³/mol. The van der Waals surface area contributed by atoms with Gasteiger partial charge in [0.15, 0.2) is 11.8 Å². The van der Waals surface area contributed by atoms with E-state index in [9.17, 15) is 8.78 Å². The summed E-state index contributed by atoms with van der Waals surface area (Å²) in [6, 6.07) is 14.8. The lowest BCUT2D eigenvalue weighted by atomic mass is 10.1. The highest BCUT2D eigenvalue weighted by Gasteiger charge is 2.11. The van der Waals surface area contributed by atoms with Crippen LogP contribution in [-0.4, -0.2) is 33.9 Å². The Bertz CT molecular complexity index is 981. The number of ether oxygens (including phenoxy) is 1. The molecule has 7 nitrogen and oxygen atoms in total. The van der Waals surface area contributed by atoms with E-state index in [1.165, 1.54) is 6.07 Å². The van der Waals surface area contributed by atoms with Gasteiger partial charge in [-0.25, -0.2) is 4.99 Å². The van der Waals surface area contributed by atoms with Crippen LogP contribution < -0.4 is 15.4 Å². The second-order valence-corrected chi connectivity index (χ2v) is 6.49. The zero-order valence-electron chi connectivity index (χ0n) is 17.3. The molecule has 3 aromatic rings. The monoisotopic (exact) mass is 542 g/mol. The molecule has 2 aromatic carbocycles. The summed E-state index contributed by atoms with van der Waals surface area (Å²) in [5.41, 5.74) is 2.48. The molecule has 0 saturated carbocycles. The van der Waals surface area contributed by atoms with E-state index < -0.39 is 6.61 Å². The number of aryl methyl sites for hydroxylation is 1. The van der Waals surface area contributed by atoms with E-state index in [0.717, 1.165) is 11.3 Å². The van der Waals surface area contributed by atoms with Crippen molar-refractivity contribution < 1.29 is 13.5 Å². The molecule has 1 heterocycles. The first-order valence-electron chi connectivity index (χ1n) is 9.57. The maximum Gasteiger partial charge on any atom is 0.387 e. The van der Waals surface area contributed by atoms with Crippen LogP contribution in [0, 0.1) is 6.92 Å². The lowest BCUT2D eigenvalue weighted by molar-refractivity contribution is -0.0504. The van der Waals surface area contributed by atoms with Gasteiger partial charge in [0.25, 0.3) is 0 Å². The lowest BCUT2D eigenvalue weighted by Crippen LogP contribution is -2.37. The Morgan fingerprint density at radius 1 is 1.16 bits per heavy atom. The molecule has 3 rings (SSSR count). The highest BCUT2D eigenvalue weighted by Crippen LogP contribution is 2.23. The maximum atomic E-state index is 12.7. The Morgan fingerprint density at radius 2 is 1.94 bits per heavy atom. The average Bonchev–Trinajstić information content (AvgIpc) is 3.21. The zero-order chi connectivity index (χ0) is 21.3. The molecule has 0 aliphatic heterocycles. The normalized spacial score (nSPS) is 11.2. The van der Waals surface area contributed by atoms with Crippen LogP contribution in [0.1, 0.15) is 23.9 Å². The van der Waals surface area contributed by atoms with E-state index in [2.05, 4.69) is 30.6 Å². The van der Waals surface area contributed by atoms with Crippen molar-refractivity contribution in [2.75, 3.05) is 6.54 Å². The van der Waals surface area contributed by atoms with Gasteiger partial charge in [-0.2, -0.15) is 8.78 Å². The first kappa shape index (κ1) is 24.5. The Kier molecular flexibility index (Phi) is 9.63. The van der Waals surface area contributed by atoms with Gasteiger partial charge in [0.05, 0.1) is 13.1 Å². The largest absolute Gasteiger partial charge is 0.434 e. The van der Waals surface area contributed by atoms with E-state index in [1.54, 1.807) is 18.5 Å². The second-order valence-electron chi connectivity index (χ2n) is 6.49. The fourth-order valence-electron chi connectivity index (χ4n) is 2.90. The maximum absolute atomic E-state index is 12.7. The van der Waals surface area contributed by atoms with Crippen molar-refractivity contribution in [3.05, 3.63) is 71.8 Å². The van der Waals surface area contributed by atoms with Crippen molar-refractivity contribution in [1.29, 1.82) is 0 Å². The minimum atomic E-state index is -2.88. The van der Waals surface area contributed by atoms with Gasteiger partial charge < -0.3 is 15.4 Å². The third-order valence-corrected chi connectivity index (χ3v) is 4.25. The molecule has 10 heteroatoms. The molecule has 0 aliphatic carbocycles. The summed E-state index contributed by atoms with van der Waals surface area (Å²) < 4.78 is 31.8. The third-order valence-electron chi connectivity index (χ3n) is 4.25. The second kappa shape index (κ2) is 12.2. The molecule has 31 heavy (non-hydrogen) atoms. The Labute approximate surface area is 197 Å². The summed E-state index contributed by atoms with van der Waals surface area (Å²) in [5.74, 6) is 1.37. The number of alkyl halides is 2. The molecular formula is C21H25F2IN6O. The minimum Gasteiger partial charge on any atom is -0.434 e. The van der Waals surface area contributed by atoms with Crippen LogP contribution in [0.2, 0.25) is 0 Å². The average molecular weight is 542 g/mol. The topological polar surface area (TPSA) is 76.4 Å². The lowest BCUT2D eigenvalue weighted by Gasteiger charge is -2.13. The van der Waals surface area contributed by atoms with Gasteiger partial charge >= 0.3 is 6.61 Å². The van der Waals surface area contributed by atoms with E-state index in [0.29, 0.717) is 30.4 Å². The number of halogens is 3. The van der Waals surface area contributed by atoms with Crippen molar-refractivity contribution >= 4 is 29.9 Å². The molecule has 0 aliphatic rings. The number of aromatic nitrogens is 3. The van der Waals surface area contributed by atoms with Crippen LogP contribution in [0.5, 0.6) is 5.75 Å². The van der Waals surface area contributed by atoms with Crippen LogP contribution in [0.4, 0.5) is 8.78 Å². The van der Waals surface area contributed by atoms with Crippen LogP contribution in [0.3, 0.4) is 0 Å². The molecule has 0 atom stereocenters. The quantitative estimate of drug-likeness (QED) is 0.255. The molecule has 0 fully saturated rings. The van der Waals surface area contributed by atoms with Gasteiger partial charge in [-0.05, 0) is 32.0 Å². The zero-order valence-corrected chi connectivity index (χ0v) is 19.6. The number of benzene rings is 2. The molecule has 0 spiro atoms. The number of aliphatic imine (C=N–C) groups is 1. The number of guanidine groups is 1. The van der Waals surface area contributed by atoms with E-state index in [4.69, 9.17) is 0 Å². The molecule has 2 N–H and O–H groups in total. The van der Waals surface area contributed by atoms with Gasteiger partial charge in [-0.1, -0.05) is 35.9 Å². The molecule has 0 radical (unpaired) electrons. The van der Waals surface area contributed by atoms with Crippen molar-refractivity contribution in [2.24, 2.45) is 4.99 Å². The number of nitrogens with one attached hydrogen (secondary N) is 2. The van der Waals surface area contributed by atoms with Crippen LogP contribution in [-0.2, 0) is 13.1 Å². The molecular weight excluding hydrogens is 517 g/mol. The van der Waals surface area contributed by atoms with E-state index >= 15 is 0 Å². The third kappa shape index (κ3) is 7.16. The first-order valence-corrected chi connectivity index (χ1v) is 9.57. The summed E-state index contributed by atoms with van der Waals surface area (Å²) in [4.78, 5) is 4.51. The molecule has 0 unspecified atom stereocenters. The number of para-hydroxylation sites is 1. The summed E-state index contributed by atoms with van der Waals surface area (Å²) in [6.07, 6.45) is 1.65. The summed E-state index contributed by atoms with van der Waals surface area (Å²) in [5, 5.41) is 14.5. The van der Waals surface area contributed by atoms with Crippen LogP contribution in [0.25, 0.3) is 5.69 Å². The van der Waals surface area contributed by atoms with E-state index in [1.807, 2.05) is 48.7 Å². The smallest absolute Gasteiger partial charge is 0.387 e. The molecule has 0 bridgehead atoms. The van der Waals surface area contributed by atoms with Gasteiger partial charge in [0.2, 0.25) is 0 Å². The SMILES string of the molecule is CCNC(=NCc1cc(C)ccc1OC(F)F)NCc1nncn1-c1ccccc1.I. The minimum absolute atomic E-state index is 0. The fraction of sp³-hybridized carbons (Fsp3) is 0.286. The van der Waals surface area contributed by atoms with Gasteiger partial charge in [0.1, 0.15) is 12.1 Å². The Hall–Kier alpha value is -2.76. The van der Waals surface area contributed by atoms with Crippen LogP contribution >= 0.6 is 24.0 Å². The van der Waals surface area contributed by atoms with Crippen molar-refractivity contribution in [3.8, 4) is 11.4 Å². The summed E-state index contributed by atoms with van der Waals surface area (Å²) >= 11 is 0. The highest BCUT2D eigenvalue weighted by molar-refractivity contribution is 14.0. The standard InChI is InChI=1S/C21H24F2N6O.HI/c1-3-24-21(25-12-16-11-15(2)9-10-18(16)30-20(22)23)26-13-19-28-27-14-29(19)17-7-5-4-6-8-17;/h4-11,14,20H,3,12-13H2,1-2H3,(H2,24,25,26);1H. The van der Waals surface area contributed by atoms with Gasteiger partial charge in [-0.15, -0.1) is 34.2 Å². The fourth-order valence-corrected chi connectivity index (χ4v) is 2.90. The highest BCUT2D eigenvalue weighted by atomic mass is 127. The Morgan fingerprint density at radius 3 is 2.65 bits per heavy atom. The van der Waals surface area contributed by atoms with Gasteiger partial charge in [0, 0.05) is 17.8 Å². The van der Waals surface area contributed by atoms with Gasteiger partial charge in [-0.3, -0.25) is 4.57 Å². The summed E-state index contributed by atoms with van der Waals surface area (Å²) in [6.45, 7) is 2.16. The predicted octanol–water partition coefficient (Wildman–Crippen LogP) is 4.05. The molecule has 1 aromatic heterocycles. The van der Waals surface area contributed by atoms with Crippen LogP contribution in [0.15, 0.2) is 59.9 Å². The molecule has 0 amide bonds. The number of rotatable bonds is 8. The summed E-state index contributed by atoms with van der Waals surface area (Å²) in [7, 11) is 0. The molecule has 0 saturated heterocycles. The molecule has 166 valence electrons. The van der Waals surface area contributed by atoms with Crippen molar-refractivity contribution in [1.82, 2.24) is 25.4 Å². The van der Waals surface area contributed by atoms with Crippen molar-refractivity contribution in [2.45, 2.75) is 33.5 Å². The van der Waals surface area contributed by atoms with Crippen molar-refractivity contribution in [3.63, 3.8) is 0 Å². The Balaban J connectivity index is 0.00000341. The number of hydrogen-bond acceptors (Lipinski definition) is 4. The number of hydrogen-bond donors (Lipinski definition) is 2. The van der Waals surface area contributed by atoms with E-state index in [-0.39, 0.29) is 36.3 Å². The number of nitrogens with zero attached hydrogens (tertiary/aromatic N) is 4.